The number of aliphatic carboxylic acids is 1. The number of carboxylic acid groups (broad SMARTS) is 1. The number of hydrogen-bond acceptors (Lipinski definition) is 6. The van der Waals surface area contributed by atoms with Crippen LogP contribution in [0.2, 0.25) is 0 Å². The van der Waals surface area contributed by atoms with E-state index in [4.69, 9.17) is 5.11 Å². The predicted molar refractivity (Wildman–Crippen MR) is 97.7 cm³/mol. The lowest BCUT2D eigenvalue weighted by molar-refractivity contribution is -0.139. The van der Waals surface area contributed by atoms with Crippen LogP contribution >= 0.6 is 11.3 Å². The fourth-order valence-corrected chi connectivity index (χ4v) is 4.13. The highest BCUT2D eigenvalue weighted by molar-refractivity contribution is 7.18. The first-order valence-corrected chi connectivity index (χ1v) is 9.60. The first-order chi connectivity index (χ1) is 12.2. The number of aromatic nitrogens is 2. The van der Waals surface area contributed by atoms with Gasteiger partial charge in [0.05, 0.1) is 6.54 Å². The summed E-state index contributed by atoms with van der Waals surface area (Å²) >= 11 is 1.56. The van der Waals surface area contributed by atoms with E-state index in [9.17, 15) is 4.79 Å². The maximum atomic E-state index is 11.1. The number of carbonyl (C=O) groups is 1. The summed E-state index contributed by atoms with van der Waals surface area (Å²) in [5.74, 6) is -0.0170. The molecule has 0 bridgehead atoms. The molecule has 1 aromatic heterocycles. The standard InChI is InChI=1S/C18H22N4O2S/c23-16(24)11-22(10-12-6-7-12)15-8-14(9-15)19-18-21-20-17(25-18)13-4-2-1-3-5-13/h1-5,12,14-15H,6-11H2,(H,19,21)(H,23,24). The zero-order chi connectivity index (χ0) is 17.2. The van der Waals surface area contributed by atoms with Crippen LogP contribution in [0.15, 0.2) is 30.3 Å². The van der Waals surface area contributed by atoms with Crippen molar-refractivity contribution < 1.29 is 9.90 Å². The predicted octanol–water partition coefficient (Wildman–Crippen LogP) is 2.94. The van der Waals surface area contributed by atoms with Gasteiger partial charge in [0.15, 0.2) is 0 Å². The number of nitrogens with one attached hydrogen (secondary N) is 1. The molecule has 0 amide bonds. The SMILES string of the molecule is O=C(O)CN(CC1CC1)C1CC(Nc2nnc(-c3ccccc3)s2)C1. The molecule has 0 saturated heterocycles. The molecule has 6 nitrogen and oxygen atoms in total. The molecule has 2 fully saturated rings. The fourth-order valence-electron chi connectivity index (χ4n) is 3.31. The molecular weight excluding hydrogens is 336 g/mol. The first kappa shape index (κ1) is 16.5. The molecule has 4 rings (SSSR count). The van der Waals surface area contributed by atoms with Gasteiger partial charge in [0.25, 0.3) is 0 Å². The van der Waals surface area contributed by atoms with Crippen LogP contribution in [0.25, 0.3) is 10.6 Å². The lowest BCUT2D eigenvalue weighted by Crippen LogP contribution is -2.52. The summed E-state index contributed by atoms with van der Waals surface area (Å²) in [4.78, 5) is 13.2. The molecule has 2 aliphatic carbocycles. The van der Waals surface area contributed by atoms with Crippen molar-refractivity contribution in [3.05, 3.63) is 30.3 Å². The maximum Gasteiger partial charge on any atom is 0.317 e. The molecule has 7 heteroatoms. The van der Waals surface area contributed by atoms with Gasteiger partial charge in [-0.1, -0.05) is 41.7 Å². The molecule has 2 aromatic rings. The Balaban J connectivity index is 1.30. The van der Waals surface area contributed by atoms with Gasteiger partial charge in [-0.25, -0.2) is 0 Å². The van der Waals surface area contributed by atoms with E-state index in [0.29, 0.717) is 18.0 Å². The van der Waals surface area contributed by atoms with Gasteiger partial charge in [-0.15, -0.1) is 10.2 Å². The maximum absolute atomic E-state index is 11.1. The first-order valence-electron chi connectivity index (χ1n) is 8.78. The van der Waals surface area contributed by atoms with E-state index >= 15 is 0 Å². The zero-order valence-electron chi connectivity index (χ0n) is 14.0. The molecule has 132 valence electrons. The zero-order valence-corrected chi connectivity index (χ0v) is 14.8. The second-order valence-corrected chi connectivity index (χ2v) is 7.99. The third kappa shape index (κ3) is 4.16. The van der Waals surface area contributed by atoms with Crippen LogP contribution in [0, 0.1) is 5.92 Å². The van der Waals surface area contributed by atoms with Gasteiger partial charge >= 0.3 is 5.97 Å². The van der Waals surface area contributed by atoms with Crippen LogP contribution in [-0.2, 0) is 4.79 Å². The van der Waals surface area contributed by atoms with Crippen LogP contribution in [-0.4, -0.2) is 51.3 Å². The largest absolute Gasteiger partial charge is 0.480 e. The van der Waals surface area contributed by atoms with Crippen molar-refractivity contribution in [2.45, 2.75) is 37.8 Å². The third-order valence-corrected chi connectivity index (χ3v) is 5.83. The summed E-state index contributed by atoms with van der Waals surface area (Å²) in [7, 11) is 0. The minimum atomic E-state index is -0.728. The van der Waals surface area contributed by atoms with Gasteiger partial charge in [0.2, 0.25) is 5.13 Å². The van der Waals surface area contributed by atoms with Crippen LogP contribution < -0.4 is 5.32 Å². The Kier molecular flexibility index (Phi) is 4.67. The van der Waals surface area contributed by atoms with Gasteiger partial charge in [0.1, 0.15) is 5.01 Å². The second-order valence-electron chi connectivity index (χ2n) is 7.01. The van der Waals surface area contributed by atoms with Crippen molar-refractivity contribution in [1.29, 1.82) is 0 Å². The van der Waals surface area contributed by atoms with Crippen LogP contribution in [0.5, 0.6) is 0 Å². The van der Waals surface area contributed by atoms with Crippen LogP contribution in [0.4, 0.5) is 5.13 Å². The van der Waals surface area contributed by atoms with Crippen molar-refractivity contribution in [1.82, 2.24) is 15.1 Å². The highest BCUT2D eigenvalue weighted by Crippen LogP contribution is 2.35. The van der Waals surface area contributed by atoms with E-state index in [0.717, 1.165) is 35.1 Å². The number of carboxylic acids is 1. The number of rotatable bonds is 8. The van der Waals surface area contributed by atoms with Gasteiger partial charge < -0.3 is 10.4 Å². The Morgan fingerprint density at radius 1 is 1.24 bits per heavy atom. The molecule has 0 aliphatic heterocycles. The summed E-state index contributed by atoms with van der Waals surface area (Å²) in [6, 6.07) is 10.8. The van der Waals surface area contributed by atoms with E-state index in [1.165, 1.54) is 12.8 Å². The van der Waals surface area contributed by atoms with Crippen molar-refractivity contribution >= 4 is 22.4 Å². The normalized spacial score (nSPS) is 22.6. The minimum absolute atomic E-state index is 0.158. The van der Waals surface area contributed by atoms with E-state index < -0.39 is 5.97 Å². The Bertz CT molecular complexity index is 726. The summed E-state index contributed by atoms with van der Waals surface area (Å²) in [6.07, 6.45) is 4.44. The van der Waals surface area contributed by atoms with Gasteiger partial charge in [-0.3, -0.25) is 9.69 Å². The average molecular weight is 358 g/mol. The smallest absolute Gasteiger partial charge is 0.317 e. The van der Waals surface area contributed by atoms with Crippen molar-refractivity contribution in [2.24, 2.45) is 5.92 Å². The second kappa shape index (κ2) is 7.09. The molecule has 1 heterocycles. The average Bonchev–Trinajstić information content (AvgIpc) is 3.25. The lowest BCUT2D eigenvalue weighted by Gasteiger charge is -2.42. The Morgan fingerprint density at radius 2 is 2.00 bits per heavy atom. The molecule has 25 heavy (non-hydrogen) atoms. The highest BCUT2D eigenvalue weighted by Gasteiger charge is 2.37. The summed E-state index contributed by atoms with van der Waals surface area (Å²) in [6.45, 7) is 1.09. The minimum Gasteiger partial charge on any atom is -0.480 e. The van der Waals surface area contributed by atoms with Crippen molar-refractivity contribution in [2.75, 3.05) is 18.4 Å². The van der Waals surface area contributed by atoms with E-state index in [-0.39, 0.29) is 6.54 Å². The summed E-state index contributed by atoms with van der Waals surface area (Å²) in [5, 5.41) is 22.8. The quantitative estimate of drug-likeness (QED) is 0.755. The van der Waals surface area contributed by atoms with Gasteiger partial charge in [-0.05, 0) is 31.6 Å². The van der Waals surface area contributed by atoms with Gasteiger partial charge in [0, 0.05) is 24.2 Å². The number of anilines is 1. The molecule has 0 radical (unpaired) electrons. The molecule has 0 spiro atoms. The Labute approximate surface area is 150 Å². The summed E-state index contributed by atoms with van der Waals surface area (Å²) < 4.78 is 0. The van der Waals surface area contributed by atoms with Crippen LogP contribution in [0.3, 0.4) is 0 Å². The number of nitrogens with zero attached hydrogens (tertiary/aromatic N) is 3. The monoisotopic (exact) mass is 358 g/mol. The van der Waals surface area contributed by atoms with Gasteiger partial charge in [-0.2, -0.15) is 0 Å². The molecule has 1 aromatic carbocycles. The molecular formula is C18H22N4O2S. The van der Waals surface area contributed by atoms with E-state index in [1.54, 1.807) is 11.3 Å². The molecule has 0 unspecified atom stereocenters. The molecule has 2 saturated carbocycles. The molecule has 2 aliphatic rings. The highest BCUT2D eigenvalue weighted by atomic mass is 32.1. The Hall–Kier alpha value is -1.99. The lowest BCUT2D eigenvalue weighted by atomic mass is 9.85. The van der Waals surface area contributed by atoms with Crippen molar-refractivity contribution in [3.8, 4) is 10.6 Å². The number of benzene rings is 1. The third-order valence-electron chi connectivity index (χ3n) is 4.93. The van der Waals surface area contributed by atoms with Crippen molar-refractivity contribution in [3.63, 3.8) is 0 Å². The van der Waals surface area contributed by atoms with E-state index in [1.807, 2.05) is 30.3 Å². The number of hydrogen-bond donors (Lipinski definition) is 2. The van der Waals surface area contributed by atoms with Crippen LogP contribution in [0.1, 0.15) is 25.7 Å². The van der Waals surface area contributed by atoms with E-state index in [2.05, 4.69) is 20.4 Å². The summed E-state index contributed by atoms with van der Waals surface area (Å²) in [5.41, 5.74) is 1.08. The Morgan fingerprint density at radius 3 is 2.68 bits per heavy atom. The topological polar surface area (TPSA) is 78.4 Å². The fraction of sp³-hybridized carbons (Fsp3) is 0.500. The molecule has 0 atom stereocenters. The molecule has 2 N–H and O–H groups in total.